The predicted molar refractivity (Wildman–Crippen MR) is 161 cm³/mol. The van der Waals surface area contributed by atoms with E-state index in [1.165, 1.54) is 5.56 Å². The van der Waals surface area contributed by atoms with Gasteiger partial charge in [-0.25, -0.2) is 4.98 Å². The number of rotatable bonds is 12. The second-order valence-electron chi connectivity index (χ2n) is 10.7. The standard InChI is InChI=1S/C31H41N5O3S/c1-22(2)25-8-9-27-28(18-25)40-30(35-27)11-10-29(37)34-26(17-24-7-4-12-32-19-24)20-33-31(38)23(3)21-36-13-5-15-39-16-6-14-36/h4,7-9,12,18-19,22,26H,3,5-6,10-11,13-17,20-21H2,1-2H3,(H,33,38)(H,34,37)/t26-/m0/s1. The molecule has 0 bridgehead atoms. The number of fused-ring (bicyclic) bond motifs is 1. The second-order valence-corrected chi connectivity index (χ2v) is 11.8. The van der Waals surface area contributed by atoms with Crippen LogP contribution in [0.5, 0.6) is 0 Å². The molecule has 2 N–H and O–H groups in total. The highest BCUT2D eigenvalue weighted by Crippen LogP contribution is 2.27. The maximum Gasteiger partial charge on any atom is 0.247 e. The lowest BCUT2D eigenvalue weighted by Gasteiger charge is -2.25. The number of thiazole rings is 1. The van der Waals surface area contributed by atoms with E-state index in [0.29, 0.717) is 43.8 Å². The first-order valence-electron chi connectivity index (χ1n) is 14.2. The molecule has 1 saturated heterocycles. The third kappa shape index (κ3) is 9.21. The summed E-state index contributed by atoms with van der Waals surface area (Å²) in [6, 6.07) is 9.97. The SMILES string of the molecule is C=C(CN1CCCOCCC1)C(=O)NC[C@H](Cc1cccnc1)NC(=O)CCc1nc2ccc(C(C)C)cc2s1. The van der Waals surface area contributed by atoms with E-state index >= 15 is 0 Å². The number of aromatic nitrogens is 2. The lowest BCUT2D eigenvalue weighted by Crippen LogP contribution is -2.46. The fraction of sp³-hybridized carbons (Fsp3) is 0.484. The van der Waals surface area contributed by atoms with Gasteiger partial charge in [-0.1, -0.05) is 32.6 Å². The molecule has 0 unspecified atom stereocenters. The fourth-order valence-electron chi connectivity index (χ4n) is 4.79. The van der Waals surface area contributed by atoms with Gasteiger partial charge in [-0.3, -0.25) is 19.5 Å². The summed E-state index contributed by atoms with van der Waals surface area (Å²) in [5, 5.41) is 7.08. The van der Waals surface area contributed by atoms with E-state index in [1.54, 1.807) is 23.7 Å². The second kappa shape index (κ2) is 15.0. The zero-order chi connectivity index (χ0) is 28.3. The minimum Gasteiger partial charge on any atom is -0.381 e. The Balaban J connectivity index is 1.31. The Bertz CT molecular complexity index is 1270. The number of nitrogens with one attached hydrogen (secondary N) is 2. The van der Waals surface area contributed by atoms with E-state index in [2.05, 4.69) is 59.1 Å². The molecule has 9 heteroatoms. The van der Waals surface area contributed by atoms with Gasteiger partial charge in [0.05, 0.1) is 21.3 Å². The maximum absolute atomic E-state index is 13.0. The molecule has 1 aliphatic heterocycles. The molecule has 1 fully saturated rings. The van der Waals surface area contributed by atoms with Crippen LogP contribution < -0.4 is 10.6 Å². The van der Waals surface area contributed by atoms with Gasteiger partial charge in [0.1, 0.15) is 0 Å². The molecule has 1 aromatic carbocycles. The summed E-state index contributed by atoms with van der Waals surface area (Å²) in [6.45, 7) is 12.5. The van der Waals surface area contributed by atoms with Gasteiger partial charge < -0.3 is 15.4 Å². The van der Waals surface area contributed by atoms with E-state index in [4.69, 9.17) is 9.72 Å². The van der Waals surface area contributed by atoms with Gasteiger partial charge in [-0.15, -0.1) is 11.3 Å². The number of aryl methyl sites for hydroxylation is 1. The normalized spacial score (nSPS) is 15.4. The van der Waals surface area contributed by atoms with Crippen LogP contribution in [0.2, 0.25) is 0 Å². The van der Waals surface area contributed by atoms with Crippen molar-refractivity contribution in [3.05, 3.63) is 71.0 Å². The van der Waals surface area contributed by atoms with Gasteiger partial charge in [0, 0.05) is 70.2 Å². The summed E-state index contributed by atoms with van der Waals surface area (Å²) in [4.78, 5) is 37.0. The molecular weight excluding hydrogens is 522 g/mol. The van der Waals surface area contributed by atoms with Gasteiger partial charge in [-0.05, 0) is 54.5 Å². The summed E-state index contributed by atoms with van der Waals surface area (Å²) in [7, 11) is 0. The van der Waals surface area contributed by atoms with Crippen molar-refractivity contribution >= 4 is 33.4 Å². The molecule has 0 radical (unpaired) electrons. The summed E-state index contributed by atoms with van der Waals surface area (Å²) >= 11 is 1.65. The van der Waals surface area contributed by atoms with E-state index < -0.39 is 0 Å². The molecule has 8 nitrogen and oxygen atoms in total. The van der Waals surface area contributed by atoms with Crippen molar-refractivity contribution in [2.24, 2.45) is 0 Å². The van der Waals surface area contributed by atoms with Crippen LogP contribution in [-0.4, -0.2) is 72.1 Å². The zero-order valence-electron chi connectivity index (χ0n) is 23.7. The third-order valence-electron chi connectivity index (χ3n) is 7.03. The number of hydrogen-bond donors (Lipinski definition) is 2. The highest BCUT2D eigenvalue weighted by atomic mass is 32.1. The van der Waals surface area contributed by atoms with E-state index in [1.807, 2.05) is 12.1 Å². The predicted octanol–water partition coefficient (Wildman–Crippen LogP) is 4.26. The van der Waals surface area contributed by atoms with Crippen LogP contribution in [0.4, 0.5) is 0 Å². The third-order valence-corrected chi connectivity index (χ3v) is 8.11. The quantitative estimate of drug-likeness (QED) is 0.320. The number of carbonyl (C=O) groups excluding carboxylic acids is 2. The number of carbonyl (C=O) groups is 2. The van der Waals surface area contributed by atoms with Crippen LogP contribution in [0.25, 0.3) is 10.2 Å². The highest BCUT2D eigenvalue weighted by molar-refractivity contribution is 7.18. The average molecular weight is 564 g/mol. The number of nitrogens with zero attached hydrogens (tertiary/aromatic N) is 3. The molecule has 40 heavy (non-hydrogen) atoms. The summed E-state index contributed by atoms with van der Waals surface area (Å²) in [5.74, 6) is 0.218. The first-order chi connectivity index (χ1) is 19.4. The van der Waals surface area contributed by atoms with Crippen molar-refractivity contribution in [3.63, 3.8) is 0 Å². The van der Waals surface area contributed by atoms with Gasteiger partial charge in [0.15, 0.2) is 0 Å². The molecule has 3 heterocycles. The van der Waals surface area contributed by atoms with Crippen LogP contribution in [0.1, 0.15) is 55.2 Å². The minimum absolute atomic E-state index is 0.0630. The zero-order valence-corrected chi connectivity index (χ0v) is 24.5. The van der Waals surface area contributed by atoms with E-state index in [0.717, 1.165) is 59.9 Å². The minimum atomic E-state index is -0.267. The average Bonchev–Trinajstić information content (AvgIpc) is 3.34. The maximum atomic E-state index is 13.0. The number of amides is 2. The van der Waals surface area contributed by atoms with Gasteiger partial charge >= 0.3 is 0 Å². The van der Waals surface area contributed by atoms with Crippen LogP contribution in [-0.2, 0) is 27.2 Å². The molecule has 0 spiro atoms. The van der Waals surface area contributed by atoms with E-state index in [9.17, 15) is 9.59 Å². The van der Waals surface area contributed by atoms with Crippen molar-refractivity contribution in [1.82, 2.24) is 25.5 Å². The molecule has 0 aliphatic carbocycles. The summed E-state index contributed by atoms with van der Waals surface area (Å²) in [6.07, 6.45) is 6.89. The number of hydrogen-bond acceptors (Lipinski definition) is 7. The Morgan fingerprint density at radius 2 is 1.98 bits per heavy atom. The van der Waals surface area contributed by atoms with Crippen LogP contribution >= 0.6 is 11.3 Å². The van der Waals surface area contributed by atoms with Gasteiger partial charge in [0.2, 0.25) is 11.8 Å². The number of benzene rings is 1. The summed E-state index contributed by atoms with van der Waals surface area (Å²) < 4.78 is 6.67. The van der Waals surface area contributed by atoms with Crippen LogP contribution in [0.3, 0.4) is 0 Å². The van der Waals surface area contributed by atoms with Crippen LogP contribution in [0.15, 0.2) is 54.9 Å². The molecule has 3 aromatic rings. The molecule has 2 aromatic heterocycles. The molecule has 1 atom stereocenters. The topological polar surface area (TPSA) is 96.5 Å². The van der Waals surface area contributed by atoms with Crippen LogP contribution in [0, 0.1) is 0 Å². The Kier molecular flexibility index (Phi) is 11.2. The van der Waals surface area contributed by atoms with E-state index in [-0.39, 0.29) is 17.9 Å². The highest BCUT2D eigenvalue weighted by Gasteiger charge is 2.18. The monoisotopic (exact) mass is 563 g/mol. The number of ether oxygens (including phenoxy) is 1. The Morgan fingerprint density at radius 3 is 2.70 bits per heavy atom. The number of pyridine rings is 1. The first-order valence-corrected chi connectivity index (χ1v) is 15.0. The molecule has 4 rings (SSSR count). The fourth-order valence-corrected chi connectivity index (χ4v) is 5.80. The van der Waals surface area contributed by atoms with Gasteiger partial charge in [-0.2, -0.15) is 0 Å². The lowest BCUT2D eigenvalue weighted by molar-refractivity contribution is -0.122. The molecule has 1 aliphatic rings. The molecule has 0 saturated carbocycles. The van der Waals surface area contributed by atoms with Crippen molar-refractivity contribution in [2.75, 3.05) is 39.4 Å². The van der Waals surface area contributed by atoms with Crippen molar-refractivity contribution in [3.8, 4) is 0 Å². The Labute approximate surface area is 241 Å². The molecule has 2 amide bonds. The molecular formula is C31H41N5O3S. The van der Waals surface area contributed by atoms with Crippen molar-refractivity contribution in [1.29, 1.82) is 0 Å². The summed E-state index contributed by atoms with van der Waals surface area (Å²) in [5.41, 5.74) is 3.80. The Hall–Kier alpha value is -3.14. The van der Waals surface area contributed by atoms with Crippen molar-refractivity contribution in [2.45, 2.75) is 57.9 Å². The molecule has 214 valence electrons. The lowest BCUT2D eigenvalue weighted by atomic mass is 10.0. The Morgan fingerprint density at radius 1 is 1.18 bits per heavy atom. The largest absolute Gasteiger partial charge is 0.381 e. The smallest absolute Gasteiger partial charge is 0.247 e. The van der Waals surface area contributed by atoms with Gasteiger partial charge in [0.25, 0.3) is 0 Å². The first kappa shape index (κ1) is 29.8. The van der Waals surface area contributed by atoms with Crippen molar-refractivity contribution < 1.29 is 14.3 Å².